The highest BCUT2D eigenvalue weighted by molar-refractivity contribution is 5.47. The van der Waals surface area contributed by atoms with Crippen molar-refractivity contribution in [3.8, 4) is 6.07 Å². The van der Waals surface area contributed by atoms with Gasteiger partial charge < -0.3 is 9.88 Å². The topological polar surface area (TPSA) is 53.6 Å². The van der Waals surface area contributed by atoms with Gasteiger partial charge in [-0.1, -0.05) is 12.1 Å². The molecule has 2 aromatic rings. The highest BCUT2D eigenvalue weighted by Gasteiger charge is 2.18. The summed E-state index contributed by atoms with van der Waals surface area (Å²) in [6.07, 6.45) is 3.72. The van der Waals surface area contributed by atoms with Gasteiger partial charge in [-0.15, -0.1) is 0 Å². The molecular weight excluding hydrogens is 248 g/mol. The lowest BCUT2D eigenvalue weighted by Gasteiger charge is -2.16. The monoisotopic (exact) mass is 268 g/mol. The van der Waals surface area contributed by atoms with E-state index in [2.05, 4.69) is 27.9 Å². The zero-order valence-electron chi connectivity index (χ0n) is 12.2. The number of hydrogen-bond donors (Lipinski definition) is 1. The minimum absolute atomic E-state index is 0.445. The lowest BCUT2D eigenvalue weighted by atomic mass is 9.86. The Balaban J connectivity index is 2.03. The Morgan fingerprint density at radius 1 is 1.30 bits per heavy atom. The SMILES string of the molecule is CCn1cncc1CNc1ccc(C(C)(C)C#N)cc1. The summed E-state index contributed by atoms with van der Waals surface area (Å²) in [5, 5.41) is 12.5. The number of hydrogen-bond acceptors (Lipinski definition) is 3. The van der Waals surface area contributed by atoms with Crippen LogP contribution in [0.1, 0.15) is 32.0 Å². The molecule has 20 heavy (non-hydrogen) atoms. The van der Waals surface area contributed by atoms with E-state index in [0.717, 1.165) is 30.0 Å². The third-order valence-corrected chi connectivity index (χ3v) is 3.50. The Hall–Kier alpha value is -2.28. The van der Waals surface area contributed by atoms with E-state index in [1.54, 1.807) is 0 Å². The average molecular weight is 268 g/mol. The van der Waals surface area contributed by atoms with Gasteiger partial charge in [0, 0.05) is 18.4 Å². The Bertz CT molecular complexity index is 602. The van der Waals surface area contributed by atoms with Gasteiger partial charge in [0.25, 0.3) is 0 Å². The fraction of sp³-hybridized carbons (Fsp3) is 0.375. The van der Waals surface area contributed by atoms with Crippen LogP contribution >= 0.6 is 0 Å². The van der Waals surface area contributed by atoms with E-state index < -0.39 is 5.41 Å². The molecule has 0 aliphatic carbocycles. The fourth-order valence-electron chi connectivity index (χ4n) is 2.04. The molecule has 1 heterocycles. The van der Waals surface area contributed by atoms with Gasteiger partial charge in [0.05, 0.1) is 30.1 Å². The van der Waals surface area contributed by atoms with E-state index in [0.29, 0.717) is 0 Å². The molecule has 0 atom stereocenters. The van der Waals surface area contributed by atoms with Gasteiger partial charge in [0.1, 0.15) is 0 Å². The summed E-state index contributed by atoms with van der Waals surface area (Å²) in [5.74, 6) is 0. The number of aryl methyl sites for hydroxylation is 1. The zero-order chi connectivity index (χ0) is 14.6. The number of aromatic nitrogens is 2. The predicted octanol–water partition coefficient (Wildman–Crippen LogP) is 3.32. The van der Waals surface area contributed by atoms with Gasteiger partial charge in [-0.25, -0.2) is 4.98 Å². The van der Waals surface area contributed by atoms with Crippen molar-refractivity contribution in [2.75, 3.05) is 5.32 Å². The average Bonchev–Trinajstić information content (AvgIpc) is 2.93. The number of rotatable bonds is 5. The lowest BCUT2D eigenvalue weighted by molar-refractivity contribution is 0.687. The minimum Gasteiger partial charge on any atom is -0.379 e. The molecule has 0 unspecified atom stereocenters. The number of benzene rings is 1. The summed E-state index contributed by atoms with van der Waals surface area (Å²) >= 11 is 0. The normalized spacial score (nSPS) is 11.1. The molecule has 4 heteroatoms. The number of imidazole rings is 1. The van der Waals surface area contributed by atoms with Crippen LogP contribution in [0.4, 0.5) is 5.69 Å². The van der Waals surface area contributed by atoms with Crippen LogP contribution in [0.2, 0.25) is 0 Å². The van der Waals surface area contributed by atoms with Crippen LogP contribution in [-0.2, 0) is 18.5 Å². The van der Waals surface area contributed by atoms with Crippen LogP contribution in [0.25, 0.3) is 0 Å². The van der Waals surface area contributed by atoms with Gasteiger partial charge in [-0.2, -0.15) is 5.26 Å². The van der Waals surface area contributed by atoms with Crippen molar-refractivity contribution in [3.05, 3.63) is 48.0 Å². The Morgan fingerprint density at radius 2 is 2.00 bits per heavy atom. The van der Waals surface area contributed by atoms with Crippen LogP contribution < -0.4 is 5.32 Å². The second-order valence-electron chi connectivity index (χ2n) is 5.34. The molecular formula is C16H20N4. The van der Waals surface area contributed by atoms with Crippen LogP contribution in [0, 0.1) is 11.3 Å². The molecule has 0 fully saturated rings. The molecule has 0 spiro atoms. The third kappa shape index (κ3) is 3.00. The smallest absolute Gasteiger partial charge is 0.0948 e. The standard InChI is InChI=1S/C16H20N4/c1-4-20-12-18-9-15(20)10-19-14-7-5-13(6-8-14)16(2,3)11-17/h5-9,12,19H,4,10H2,1-3H3. The first-order chi connectivity index (χ1) is 9.56. The van der Waals surface area contributed by atoms with E-state index in [4.69, 9.17) is 5.26 Å². The zero-order valence-corrected chi connectivity index (χ0v) is 12.2. The lowest BCUT2D eigenvalue weighted by Crippen LogP contribution is -2.13. The second-order valence-corrected chi connectivity index (χ2v) is 5.34. The van der Waals surface area contributed by atoms with Crippen molar-refractivity contribution >= 4 is 5.69 Å². The number of nitrogens with one attached hydrogen (secondary N) is 1. The summed E-state index contributed by atoms with van der Waals surface area (Å²) in [6.45, 7) is 7.62. The predicted molar refractivity (Wildman–Crippen MR) is 80.3 cm³/mol. The molecule has 104 valence electrons. The van der Waals surface area contributed by atoms with Gasteiger partial charge in [0.2, 0.25) is 0 Å². The molecule has 0 aliphatic rings. The molecule has 0 aliphatic heterocycles. The molecule has 0 radical (unpaired) electrons. The van der Waals surface area contributed by atoms with Crippen LogP contribution in [0.3, 0.4) is 0 Å². The van der Waals surface area contributed by atoms with E-state index in [1.807, 2.05) is 50.6 Å². The maximum Gasteiger partial charge on any atom is 0.0948 e. The Morgan fingerprint density at radius 3 is 2.60 bits per heavy atom. The van der Waals surface area contributed by atoms with Crippen molar-refractivity contribution in [1.29, 1.82) is 5.26 Å². The molecule has 4 nitrogen and oxygen atoms in total. The summed E-state index contributed by atoms with van der Waals surface area (Å²) < 4.78 is 2.11. The fourth-order valence-corrected chi connectivity index (χ4v) is 2.04. The van der Waals surface area contributed by atoms with Crippen molar-refractivity contribution in [1.82, 2.24) is 9.55 Å². The molecule has 1 aromatic carbocycles. The van der Waals surface area contributed by atoms with E-state index in [-0.39, 0.29) is 0 Å². The highest BCUT2D eigenvalue weighted by Crippen LogP contribution is 2.23. The maximum atomic E-state index is 9.13. The molecule has 0 bridgehead atoms. The second kappa shape index (κ2) is 5.79. The van der Waals surface area contributed by atoms with Crippen LogP contribution in [0.15, 0.2) is 36.8 Å². The molecule has 0 saturated carbocycles. The van der Waals surface area contributed by atoms with E-state index >= 15 is 0 Å². The molecule has 0 saturated heterocycles. The van der Waals surface area contributed by atoms with Crippen LogP contribution in [0.5, 0.6) is 0 Å². The third-order valence-electron chi connectivity index (χ3n) is 3.50. The molecule has 1 N–H and O–H groups in total. The van der Waals surface area contributed by atoms with Crippen molar-refractivity contribution in [2.24, 2.45) is 0 Å². The van der Waals surface area contributed by atoms with Gasteiger partial charge in [-0.05, 0) is 38.5 Å². The highest BCUT2D eigenvalue weighted by atomic mass is 15.1. The van der Waals surface area contributed by atoms with Gasteiger partial charge >= 0.3 is 0 Å². The molecule has 1 aromatic heterocycles. The number of nitriles is 1. The van der Waals surface area contributed by atoms with Crippen molar-refractivity contribution in [3.63, 3.8) is 0 Å². The largest absolute Gasteiger partial charge is 0.379 e. The van der Waals surface area contributed by atoms with Gasteiger partial charge in [-0.3, -0.25) is 0 Å². The first-order valence-corrected chi connectivity index (χ1v) is 6.81. The minimum atomic E-state index is -0.445. The first-order valence-electron chi connectivity index (χ1n) is 6.81. The maximum absolute atomic E-state index is 9.13. The first kappa shape index (κ1) is 14.1. The number of nitrogens with zero attached hydrogens (tertiary/aromatic N) is 3. The molecule has 2 rings (SSSR count). The van der Waals surface area contributed by atoms with Crippen molar-refractivity contribution in [2.45, 2.75) is 39.3 Å². The van der Waals surface area contributed by atoms with Crippen molar-refractivity contribution < 1.29 is 0 Å². The quantitative estimate of drug-likeness (QED) is 0.905. The van der Waals surface area contributed by atoms with E-state index in [1.165, 1.54) is 0 Å². The Labute approximate surface area is 120 Å². The summed E-state index contributed by atoms with van der Waals surface area (Å²) in [6, 6.07) is 10.3. The number of anilines is 1. The Kier molecular flexibility index (Phi) is 4.09. The summed E-state index contributed by atoms with van der Waals surface area (Å²) in [4.78, 5) is 4.15. The summed E-state index contributed by atoms with van der Waals surface area (Å²) in [5.41, 5.74) is 2.80. The van der Waals surface area contributed by atoms with Gasteiger partial charge in [0.15, 0.2) is 0 Å². The van der Waals surface area contributed by atoms with Crippen LogP contribution in [-0.4, -0.2) is 9.55 Å². The summed E-state index contributed by atoms with van der Waals surface area (Å²) in [7, 11) is 0. The van der Waals surface area contributed by atoms with E-state index in [9.17, 15) is 0 Å². The molecule has 0 amide bonds.